The highest BCUT2D eigenvalue weighted by Gasteiger charge is 1.90. The van der Waals surface area contributed by atoms with Gasteiger partial charge < -0.3 is 10.6 Å². The Labute approximate surface area is 100 Å². The van der Waals surface area contributed by atoms with Gasteiger partial charge in [0.25, 0.3) is 0 Å². The highest BCUT2D eigenvalue weighted by molar-refractivity contribution is 4.45. The predicted octanol–water partition coefficient (Wildman–Crippen LogP) is 1.71. The molecule has 0 unspecified atom stereocenters. The van der Waals surface area contributed by atoms with Gasteiger partial charge in [0.15, 0.2) is 0 Å². The lowest BCUT2D eigenvalue weighted by Gasteiger charge is -2.06. The number of nitrogens with one attached hydrogen (secondary N) is 2. The smallest absolute Gasteiger partial charge is 0.0946 e. The molecule has 0 aromatic rings. The number of rotatable bonds is 13. The second-order valence-electron chi connectivity index (χ2n) is 3.85. The third-order valence-corrected chi connectivity index (χ3v) is 2.22. The molecule has 0 atom stereocenters. The molecular formula is C12H28N2O2. The van der Waals surface area contributed by atoms with E-state index >= 15 is 0 Å². The second-order valence-corrected chi connectivity index (χ2v) is 3.85. The van der Waals surface area contributed by atoms with Gasteiger partial charge in [0.2, 0.25) is 0 Å². The van der Waals surface area contributed by atoms with Crippen molar-refractivity contribution in [1.82, 2.24) is 10.6 Å². The third-order valence-electron chi connectivity index (χ3n) is 2.22. The fourth-order valence-corrected chi connectivity index (χ4v) is 1.20. The van der Waals surface area contributed by atoms with Crippen LogP contribution in [0.4, 0.5) is 0 Å². The SMILES string of the molecule is CCCCNCCOOCCNCCCC. The molecule has 0 fully saturated rings. The normalized spacial score (nSPS) is 10.9. The summed E-state index contributed by atoms with van der Waals surface area (Å²) in [4.78, 5) is 10.0. The lowest BCUT2D eigenvalue weighted by molar-refractivity contribution is -0.291. The van der Waals surface area contributed by atoms with E-state index in [9.17, 15) is 0 Å². The van der Waals surface area contributed by atoms with Crippen LogP contribution >= 0.6 is 0 Å². The number of hydrogen-bond acceptors (Lipinski definition) is 4. The van der Waals surface area contributed by atoms with Crippen LogP contribution in [0.15, 0.2) is 0 Å². The number of unbranched alkanes of at least 4 members (excludes halogenated alkanes) is 2. The van der Waals surface area contributed by atoms with E-state index in [1.807, 2.05) is 0 Å². The number of hydrogen-bond donors (Lipinski definition) is 2. The van der Waals surface area contributed by atoms with Gasteiger partial charge in [-0.25, -0.2) is 9.78 Å². The van der Waals surface area contributed by atoms with Gasteiger partial charge >= 0.3 is 0 Å². The molecule has 0 spiro atoms. The second kappa shape index (κ2) is 14.8. The summed E-state index contributed by atoms with van der Waals surface area (Å²) in [7, 11) is 0. The van der Waals surface area contributed by atoms with Crippen molar-refractivity contribution in [2.75, 3.05) is 39.4 Å². The first-order valence-corrected chi connectivity index (χ1v) is 6.57. The van der Waals surface area contributed by atoms with Gasteiger partial charge in [0.1, 0.15) is 0 Å². The summed E-state index contributed by atoms with van der Waals surface area (Å²) < 4.78 is 0. The maximum atomic E-state index is 5.02. The van der Waals surface area contributed by atoms with Crippen molar-refractivity contribution in [3.05, 3.63) is 0 Å². The molecule has 0 heterocycles. The molecule has 0 aliphatic heterocycles. The summed E-state index contributed by atoms with van der Waals surface area (Å²) in [5.74, 6) is 0. The van der Waals surface area contributed by atoms with Crippen molar-refractivity contribution < 1.29 is 9.78 Å². The Balaban J connectivity index is 2.83. The van der Waals surface area contributed by atoms with Crippen LogP contribution < -0.4 is 10.6 Å². The van der Waals surface area contributed by atoms with E-state index in [-0.39, 0.29) is 0 Å². The van der Waals surface area contributed by atoms with Crippen LogP contribution in [0.25, 0.3) is 0 Å². The van der Waals surface area contributed by atoms with Gasteiger partial charge in [0.05, 0.1) is 13.2 Å². The minimum atomic E-state index is 0.624. The molecule has 0 radical (unpaired) electrons. The molecule has 0 aromatic heterocycles. The molecule has 0 amide bonds. The molecule has 16 heavy (non-hydrogen) atoms. The lowest BCUT2D eigenvalue weighted by Crippen LogP contribution is -2.23. The van der Waals surface area contributed by atoms with Gasteiger partial charge in [-0.15, -0.1) is 0 Å². The summed E-state index contributed by atoms with van der Waals surface area (Å²) in [5.41, 5.74) is 0. The Hall–Kier alpha value is -0.160. The van der Waals surface area contributed by atoms with Gasteiger partial charge in [0, 0.05) is 13.1 Å². The fourth-order valence-electron chi connectivity index (χ4n) is 1.20. The maximum Gasteiger partial charge on any atom is 0.0946 e. The minimum absolute atomic E-state index is 0.624. The van der Waals surface area contributed by atoms with E-state index in [1.54, 1.807) is 0 Å². The predicted molar refractivity (Wildman–Crippen MR) is 67.5 cm³/mol. The molecular weight excluding hydrogens is 204 g/mol. The molecule has 0 saturated carbocycles. The highest BCUT2D eigenvalue weighted by atomic mass is 17.2. The third kappa shape index (κ3) is 13.8. The van der Waals surface area contributed by atoms with E-state index in [0.717, 1.165) is 26.2 Å². The lowest BCUT2D eigenvalue weighted by atomic mass is 10.3. The summed E-state index contributed by atoms with van der Waals surface area (Å²) in [5, 5.41) is 6.57. The van der Waals surface area contributed by atoms with Gasteiger partial charge in [-0.2, -0.15) is 0 Å². The van der Waals surface area contributed by atoms with E-state index in [4.69, 9.17) is 9.78 Å². The van der Waals surface area contributed by atoms with Crippen LogP contribution in [-0.4, -0.2) is 39.4 Å². The van der Waals surface area contributed by atoms with Crippen LogP contribution in [0, 0.1) is 0 Å². The fraction of sp³-hybridized carbons (Fsp3) is 1.00. The molecule has 0 aliphatic rings. The van der Waals surface area contributed by atoms with Crippen LogP contribution in [0.5, 0.6) is 0 Å². The molecule has 2 N–H and O–H groups in total. The minimum Gasteiger partial charge on any atom is -0.314 e. The van der Waals surface area contributed by atoms with Gasteiger partial charge in [-0.1, -0.05) is 26.7 Å². The molecule has 0 aromatic carbocycles. The quantitative estimate of drug-likeness (QED) is 0.288. The monoisotopic (exact) mass is 232 g/mol. The first kappa shape index (κ1) is 15.8. The topological polar surface area (TPSA) is 42.5 Å². The molecule has 0 saturated heterocycles. The van der Waals surface area contributed by atoms with E-state index in [2.05, 4.69) is 24.5 Å². The van der Waals surface area contributed by atoms with Gasteiger partial charge in [-0.05, 0) is 25.9 Å². The van der Waals surface area contributed by atoms with Crippen LogP contribution in [-0.2, 0) is 9.78 Å². The highest BCUT2D eigenvalue weighted by Crippen LogP contribution is 1.83. The Morgan fingerprint density at radius 2 is 1.12 bits per heavy atom. The molecule has 4 nitrogen and oxygen atoms in total. The summed E-state index contributed by atoms with van der Waals surface area (Å²) in [6.07, 6.45) is 4.91. The average Bonchev–Trinajstić information content (AvgIpc) is 2.31. The Bertz CT molecular complexity index is 110. The Kier molecular flexibility index (Phi) is 14.7. The van der Waals surface area contributed by atoms with Gasteiger partial charge in [-0.3, -0.25) is 0 Å². The molecule has 0 bridgehead atoms. The summed E-state index contributed by atoms with van der Waals surface area (Å²) in [6, 6.07) is 0. The molecule has 0 rings (SSSR count). The van der Waals surface area contributed by atoms with Crippen molar-refractivity contribution in [2.45, 2.75) is 39.5 Å². The standard InChI is InChI=1S/C12H28N2O2/c1-3-5-7-13-9-11-15-16-12-10-14-8-6-4-2/h13-14H,3-12H2,1-2H3. The maximum absolute atomic E-state index is 5.02. The van der Waals surface area contributed by atoms with Crippen molar-refractivity contribution in [2.24, 2.45) is 0 Å². The first-order valence-electron chi connectivity index (χ1n) is 6.57. The zero-order valence-corrected chi connectivity index (χ0v) is 10.9. The van der Waals surface area contributed by atoms with E-state index in [1.165, 1.54) is 25.7 Å². The molecule has 98 valence electrons. The zero-order valence-electron chi connectivity index (χ0n) is 10.9. The van der Waals surface area contributed by atoms with Crippen LogP contribution in [0.3, 0.4) is 0 Å². The van der Waals surface area contributed by atoms with E-state index in [0.29, 0.717) is 13.2 Å². The van der Waals surface area contributed by atoms with Crippen molar-refractivity contribution in [3.63, 3.8) is 0 Å². The Morgan fingerprint density at radius 1 is 0.688 bits per heavy atom. The summed E-state index contributed by atoms with van der Waals surface area (Å²) in [6.45, 7) is 9.49. The van der Waals surface area contributed by atoms with Crippen LogP contribution in [0.1, 0.15) is 39.5 Å². The van der Waals surface area contributed by atoms with E-state index < -0.39 is 0 Å². The first-order chi connectivity index (χ1) is 7.91. The largest absolute Gasteiger partial charge is 0.314 e. The molecule has 4 heteroatoms. The Morgan fingerprint density at radius 3 is 1.50 bits per heavy atom. The van der Waals surface area contributed by atoms with Crippen molar-refractivity contribution in [3.8, 4) is 0 Å². The average molecular weight is 232 g/mol. The van der Waals surface area contributed by atoms with Crippen LogP contribution in [0.2, 0.25) is 0 Å². The van der Waals surface area contributed by atoms with Crippen molar-refractivity contribution in [1.29, 1.82) is 0 Å². The zero-order chi connectivity index (χ0) is 11.9. The van der Waals surface area contributed by atoms with Crippen molar-refractivity contribution >= 4 is 0 Å². The molecule has 0 aliphatic carbocycles. The summed E-state index contributed by atoms with van der Waals surface area (Å²) >= 11 is 0.